The molecule has 1 aliphatic rings. The summed E-state index contributed by atoms with van der Waals surface area (Å²) >= 11 is 7.12. The van der Waals surface area contributed by atoms with Gasteiger partial charge in [-0.1, -0.05) is 22.9 Å². The lowest BCUT2D eigenvalue weighted by Gasteiger charge is -2.35. The van der Waals surface area contributed by atoms with Gasteiger partial charge in [-0.2, -0.15) is 22.5 Å². The summed E-state index contributed by atoms with van der Waals surface area (Å²) in [6.07, 6.45) is 8.34. The molecule has 2 unspecified atom stereocenters. The number of hydrogen-bond acceptors (Lipinski definition) is 8. The third kappa shape index (κ3) is 8.08. The number of halogens is 2. The Morgan fingerprint density at radius 1 is 1.24 bits per heavy atom. The molecule has 0 aliphatic carbocycles. The van der Waals surface area contributed by atoms with Gasteiger partial charge in [0.15, 0.2) is 0 Å². The maximum Gasteiger partial charge on any atom is 0.280 e. The monoisotopic (exact) mass is 626 g/mol. The van der Waals surface area contributed by atoms with Crippen LogP contribution in [-0.4, -0.2) is 84.0 Å². The van der Waals surface area contributed by atoms with Gasteiger partial charge in [0.2, 0.25) is 16.9 Å². The van der Waals surface area contributed by atoms with Gasteiger partial charge in [0.25, 0.3) is 10.2 Å². The second-order valence-electron chi connectivity index (χ2n) is 9.94. The van der Waals surface area contributed by atoms with E-state index in [9.17, 15) is 22.4 Å². The van der Waals surface area contributed by atoms with Crippen molar-refractivity contribution in [3.8, 4) is 5.13 Å². The number of thiazole rings is 1. The normalized spacial score (nSPS) is 18.9. The summed E-state index contributed by atoms with van der Waals surface area (Å²) in [4.78, 5) is 33.1. The fourth-order valence-electron chi connectivity index (χ4n) is 4.22. The molecule has 12 nitrogen and oxygen atoms in total. The second-order valence-corrected chi connectivity index (χ2v) is 13.2. The second kappa shape index (κ2) is 13.4. The zero-order valence-electron chi connectivity index (χ0n) is 22.8. The highest BCUT2D eigenvalue weighted by atomic mass is 35.5. The van der Waals surface area contributed by atoms with Crippen molar-refractivity contribution >= 4 is 50.6 Å². The molecule has 3 heterocycles. The molecule has 3 aromatic rings. The lowest BCUT2D eigenvalue weighted by Crippen LogP contribution is -2.62. The van der Waals surface area contributed by atoms with Crippen molar-refractivity contribution < 1.29 is 22.4 Å². The zero-order valence-corrected chi connectivity index (χ0v) is 25.2. The lowest BCUT2D eigenvalue weighted by atomic mass is 10.1. The molecule has 0 radical (unpaired) electrons. The van der Waals surface area contributed by atoms with Crippen molar-refractivity contribution in [2.24, 2.45) is 0 Å². The first-order valence-electron chi connectivity index (χ1n) is 12.8. The van der Waals surface area contributed by atoms with E-state index in [1.807, 2.05) is 12.4 Å². The van der Waals surface area contributed by atoms with E-state index in [1.54, 1.807) is 10.9 Å². The van der Waals surface area contributed by atoms with E-state index in [0.717, 1.165) is 46.6 Å². The number of unbranched alkanes of at least 4 members (excludes halogenated alkanes) is 1. The number of carbonyl (C=O) groups excluding carboxylic acids is 2. The summed E-state index contributed by atoms with van der Waals surface area (Å²) < 4.78 is 43.7. The largest absolute Gasteiger partial charge is 0.350 e. The zero-order chi connectivity index (χ0) is 29.7. The van der Waals surface area contributed by atoms with Crippen LogP contribution >= 0.6 is 22.9 Å². The van der Waals surface area contributed by atoms with Crippen LogP contribution in [0, 0.1) is 5.82 Å². The number of nitrogens with zero attached hydrogens (tertiary/aromatic N) is 5. The molecule has 0 saturated carbocycles. The number of benzene rings is 1. The van der Waals surface area contributed by atoms with Gasteiger partial charge in [0, 0.05) is 30.0 Å². The SMILES string of the molecule is CN(C)CCCCc1cnn(-c2ncc(CNC(=O)C3CC(C(=O)Nc4ccc(F)c(Cl)c4)N(C)S(=O)(=O)N3)s2)c1. The summed E-state index contributed by atoms with van der Waals surface area (Å²) in [6, 6.07) is 1.23. The Morgan fingerprint density at radius 3 is 2.76 bits per heavy atom. The molecule has 0 bridgehead atoms. The van der Waals surface area contributed by atoms with Gasteiger partial charge in [-0.05, 0) is 70.1 Å². The number of aryl methyl sites for hydroxylation is 1. The van der Waals surface area contributed by atoms with Gasteiger partial charge >= 0.3 is 0 Å². The van der Waals surface area contributed by atoms with Crippen molar-refractivity contribution in [3.05, 3.63) is 58.1 Å². The fourth-order valence-corrected chi connectivity index (χ4v) is 6.43. The molecule has 4 rings (SSSR count). The third-order valence-corrected chi connectivity index (χ3v) is 9.38. The van der Waals surface area contributed by atoms with E-state index in [4.69, 9.17) is 11.6 Å². The molecule has 1 saturated heterocycles. The van der Waals surface area contributed by atoms with E-state index in [1.165, 1.54) is 30.5 Å². The highest BCUT2D eigenvalue weighted by Gasteiger charge is 2.42. The molecule has 222 valence electrons. The van der Waals surface area contributed by atoms with Gasteiger partial charge in [-0.3, -0.25) is 9.59 Å². The number of aromatic nitrogens is 3. The van der Waals surface area contributed by atoms with Crippen LogP contribution in [0.1, 0.15) is 29.7 Å². The van der Waals surface area contributed by atoms with E-state index in [0.29, 0.717) is 5.13 Å². The summed E-state index contributed by atoms with van der Waals surface area (Å²) in [5.74, 6) is -1.92. The number of nitrogens with one attached hydrogen (secondary N) is 3. The molecule has 2 amide bonds. The molecule has 2 atom stereocenters. The Morgan fingerprint density at radius 2 is 2.02 bits per heavy atom. The van der Waals surface area contributed by atoms with Crippen molar-refractivity contribution in [1.29, 1.82) is 0 Å². The van der Waals surface area contributed by atoms with Crippen molar-refractivity contribution in [2.45, 2.75) is 44.3 Å². The number of carbonyl (C=O) groups is 2. The molecule has 0 spiro atoms. The van der Waals surface area contributed by atoms with Gasteiger partial charge in [0.1, 0.15) is 17.9 Å². The van der Waals surface area contributed by atoms with E-state index in [2.05, 4.69) is 44.4 Å². The highest BCUT2D eigenvalue weighted by Crippen LogP contribution is 2.23. The summed E-state index contributed by atoms with van der Waals surface area (Å²) in [6.45, 7) is 1.15. The first-order chi connectivity index (χ1) is 19.4. The summed E-state index contributed by atoms with van der Waals surface area (Å²) in [7, 11) is 1.21. The van der Waals surface area contributed by atoms with Crippen molar-refractivity contribution in [1.82, 2.24) is 34.0 Å². The summed E-state index contributed by atoms with van der Waals surface area (Å²) in [5.41, 5.74) is 1.31. The number of hydrogen-bond donors (Lipinski definition) is 3. The van der Waals surface area contributed by atoms with Crippen LogP contribution in [0.15, 0.2) is 36.8 Å². The van der Waals surface area contributed by atoms with E-state index < -0.39 is 39.9 Å². The minimum atomic E-state index is -4.13. The standard InChI is InChI=1S/C25H32ClFN8O4S2/c1-33(2)9-5-4-6-16-12-30-35(15-16)25-29-14-18(40-25)13-28-23(36)21-11-22(34(3)41(38,39)32-21)24(37)31-17-7-8-20(27)19(26)10-17/h7-8,10,12,14-15,21-22,32H,4-6,9,11,13H2,1-3H3,(H,28,36)(H,31,37). The van der Waals surface area contributed by atoms with Gasteiger partial charge in [-0.15, -0.1) is 0 Å². The molecule has 1 aliphatic heterocycles. The topological polar surface area (TPSA) is 142 Å². The Labute approximate surface area is 247 Å². The maximum atomic E-state index is 13.5. The summed E-state index contributed by atoms with van der Waals surface area (Å²) in [5, 5.41) is 10.1. The number of rotatable bonds is 11. The molecular formula is C25H32ClFN8O4S2. The molecule has 16 heteroatoms. The van der Waals surface area contributed by atoms with Gasteiger partial charge < -0.3 is 15.5 Å². The Hall–Kier alpha value is -2.95. The van der Waals surface area contributed by atoms with Crippen LogP contribution in [0.2, 0.25) is 5.02 Å². The van der Waals surface area contributed by atoms with E-state index in [-0.39, 0.29) is 23.7 Å². The van der Waals surface area contributed by atoms with Crippen LogP contribution < -0.4 is 15.4 Å². The predicted octanol–water partition coefficient (Wildman–Crippen LogP) is 2.17. The molecular weight excluding hydrogens is 595 g/mol. The average Bonchev–Trinajstić information content (AvgIpc) is 3.58. The van der Waals surface area contributed by atoms with Gasteiger partial charge in [-0.25, -0.2) is 14.1 Å². The molecule has 41 heavy (non-hydrogen) atoms. The predicted molar refractivity (Wildman–Crippen MR) is 155 cm³/mol. The third-order valence-electron chi connectivity index (χ3n) is 6.51. The minimum absolute atomic E-state index is 0.119. The van der Waals surface area contributed by atoms with Crippen molar-refractivity contribution in [3.63, 3.8) is 0 Å². The van der Waals surface area contributed by atoms with E-state index >= 15 is 0 Å². The fraction of sp³-hybridized carbons (Fsp3) is 0.440. The smallest absolute Gasteiger partial charge is 0.280 e. The van der Waals surface area contributed by atoms with Gasteiger partial charge in [0.05, 0.1) is 17.8 Å². The lowest BCUT2D eigenvalue weighted by molar-refractivity contribution is -0.124. The Bertz CT molecular complexity index is 1500. The van der Waals surface area contributed by atoms with Crippen LogP contribution in [-0.2, 0) is 32.8 Å². The highest BCUT2D eigenvalue weighted by molar-refractivity contribution is 7.87. The quantitative estimate of drug-likeness (QED) is 0.277. The average molecular weight is 627 g/mol. The number of amides is 2. The molecule has 2 aromatic heterocycles. The minimum Gasteiger partial charge on any atom is -0.350 e. The first-order valence-corrected chi connectivity index (χ1v) is 15.5. The van der Waals surface area contributed by atoms with Crippen molar-refractivity contribution in [2.75, 3.05) is 33.0 Å². The Kier molecular flexibility index (Phi) is 10.1. The van der Waals surface area contributed by atoms with Crippen LogP contribution in [0.5, 0.6) is 0 Å². The molecule has 1 fully saturated rings. The van der Waals surface area contributed by atoms with Crippen LogP contribution in [0.4, 0.5) is 10.1 Å². The molecule has 3 N–H and O–H groups in total. The number of likely N-dealkylation sites (N-methyl/N-ethyl adjacent to an activating group) is 1. The number of anilines is 1. The molecule has 1 aromatic carbocycles. The maximum absolute atomic E-state index is 13.5. The van der Waals surface area contributed by atoms with Crippen LogP contribution in [0.3, 0.4) is 0 Å². The Balaban J connectivity index is 1.33. The first kappa shape index (κ1) is 31.0. The van der Waals surface area contributed by atoms with Crippen LogP contribution in [0.25, 0.3) is 5.13 Å².